The maximum absolute atomic E-state index is 12.6. The van der Waals surface area contributed by atoms with Gasteiger partial charge in [-0.05, 0) is 37.1 Å². The molecule has 3 rings (SSSR count). The number of carbonyl (C=O) groups is 1. The summed E-state index contributed by atoms with van der Waals surface area (Å²) in [6.07, 6.45) is 1.64. The number of nitro groups is 1. The number of nitrogens with one attached hydrogen (secondary N) is 1. The Labute approximate surface area is 160 Å². The standard InChI is InChI=1S/C17H16ClN3O5S/c18-16-7-6-13(21(23)24)11-15(16)17(22)19-12-4-3-5-14(10-12)27(25,26)20-8-1-2-9-20/h3-7,10-11H,1-2,8-9H2,(H,19,22). The van der Waals surface area contributed by atoms with Crippen LogP contribution in [0.2, 0.25) is 5.02 Å². The van der Waals surface area contributed by atoms with Crippen molar-refractivity contribution >= 4 is 38.9 Å². The maximum atomic E-state index is 12.6. The van der Waals surface area contributed by atoms with Gasteiger partial charge in [0.2, 0.25) is 10.0 Å². The third-order valence-electron chi connectivity index (χ3n) is 4.20. The van der Waals surface area contributed by atoms with E-state index in [-0.39, 0.29) is 26.9 Å². The summed E-state index contributed by atoms with van der Waals surface area (Å²) in [6.45, 7) is 0.949. The molecule has 1 aliphatic rings. The van der Waals surface area contributed by atoms with Crippen LogP contribution >= 0.6 is 11.6 Å². The van der Waals surface area contributed by atoms with E-state index >= 15 is 0 Å². The SMILES string of the molecule is O=C(Nc1cccc(S(=O)(=O)N2CCCC2)c1)c1cc([N+](=O)[O-])ccc1Cl. The van der Waals surface area contributed by atoms with E-state index in [1.54, 1.807) is 0 Å². The van der Waals surface area contributed by atoms with Crippen LogP contribution in [0.4, 0.5) is 11.4 Å². The zero-order valence-corrected chi connectivity index (χ0v) is 15.7. The quantitative estimate of drug-likeness (QED) is 0.601. The summed E-state index contributed by atoms with van der Waals surface area (Å²) >= 11 is 5.97. The topological polar surface area (TPSA) is 110 Å². The van der Waals surface area contributed by atoms with E-state index in [0.29, 0.717) is 13.1 Å². The number of hydrogen-bond acceptors (Lipinski definition) is 5. The fourth-order valence-electron chi connectivity index (χ4n) is 2.81. The molecule has 10 heteroatoms. The second kappa shape index (κ2) is 7.63. The Morgan fingerprint density at radius 2 is 1.85 bits per heavy atom. The van der Waals surface area contributed by atoms with Gasteiger partial charge >= 0.3 is 0 Å². The lowest BCUT2D eigenvalue weighted by molar-refractivity contribution is -0.384. The van der Waals surface area contributed by atoms with Crippen molar-refractivity contribution in [3.05, 3.63) is 63.2 Å². The fraction of sp³-hybridized carbons (Fsp3) is 0.235. The third kappa shape index (κ3) is 4.10. The molecule has 2 aromatic rings. The van der Waals surface area contributed by atoms with Gasteiger partial charge < -0.3 is 5.32 Å². The third-order valence-corrected chi connectivity index (χ3v) is 6.42. The highest BCUT2D eigenvalue weighted by Crippen LogP contribution is 2.25. The van der Waals surface area contributed by atoms with E-state index < -0.39 is 20.9 Å². The van der Waals surface area contributed by atoms with Crippen molar-refractivity contribution in [2.45, 2.75) is 17.7 Å². The van der Waals surface area contributed by atoms with Crippen LogP contribution in [-0.2, 0) is 10.0 Å². The van der Waals surface area contributed by atoms with Gasteiger partial charge in [-0.15, -0.1) is 0 Å². The molecule has 0 aromatic heterocycles. The summed E-state index contributed by atoms with van der Waals surface area (Å²) < 4.78 is 26.7. The van der Waals surface area contributed by atoms with Crippen LogP contribution in [0.15, 0.2) is 47.4 Å². The Hall–Kier alpha value is -2.49. The van der Waals surface area contributed by atoms with Crippen molar-refractivity contribution < 1.29 is 18.1 Å². The zero-order valence-electron chi connectivity index (χ0n) is 14.1. The zero-order chi connectivity index (χ0) is 19.6. The highest BCUT2D eigenvalue weighted by Gasteiger charge is 2.27. The molecule has 142 valence electrons. The Balaban J connectivity index is 1.85. The molecule has 0 atom stereocenters. The number of sulfonamides is 1. The molecule has 1 fully saturated rings. The molecular formula is C17H16ClN3O5S. The van der Waals surface area contributed by atoms with Crippen LogP contribution < -0.4 is 5.32 Å². The molecule has 0 unspecified atom stereocenters. The summed E-state index contributed by atoms with van der Waals surface area (Å²) in [4.78, 5) is 22.8. The molecule has 1 heterocycles. The van der Waals surface area contributed by atoms with Crippen molar-refractivity contribution in [1.29, 1.82) is 0 Å². The number of non-ortho nitro benzene ring substituents is 1. The minimum absolute atomic E-state index is 0.0546. The number of halogens is 1. The lowest BCUT2D eigenvalue weighted by Crippen LogP contribution is -2.27. The van der Waals surface area contributed by atoms with Gasteiger partial charge in [0.15, 0.2) is 0 Å². The monoisotopic (exact) mass is 409 g/mol. The summed E-state index contributed by atoms with van der Waals surface area (Å²) in [5.41, 5.74) is -0.0866. The molecule has 0 saturated carbocycles. The van der Waals surface area contributed by atoms with Crippen LogP contribution in [0.1, 0.15) is 23.2 Å². The maximum Gasteiger partial charge on any atom is 0.270 e. The Kier molecular flexibility index (Phi) is 5.45. The van der Waals surface area contributed by atoms with Crippen LogP contribution in [0.5, 0.6) is 0 Å². The molecule has 27 heavy (non-hydrogen) atoms. The smallest absolute Gasteiger partial charge is 0.270 e. The van der Waals surface area contributed by atoms with Gasteiger partial charge in [0.1, 0.15) is 0 Å². The van der Waals surface area contributed by atoms with Crippen LogP contribution in [0, 0.1) is 10.1 Å². The predicted octanol–water partition coefficient (Wildman–Crippen LogP) is 3.29. The first kappa shape index (κ1) is 19.3. The molecule has 1 N–H and O–H groups in total. The van der Waals surface area contributed by atoms with Gasteiger partial charge in [0, 0.05) is 30.9 Å². The predicted molar refractivity (Wildman–Crippen MR) is 100 cm³/mol. The molecule has 0 aliphatic carbocycles. The van der Waals surface area contributed by atoms with Gasteiger partial charge in [-0.1, -0.05) is 17.7 Å². The van der Waals surface area contributed by atoms with Gasteiger partial charge in [-0.2, -0.15) is 4.31 Å². The molecule has 8 nitrogen and oxygen atoms in total. The molecule has 1 aliphatic heterocycles. The second-order valence-corrected chi connectivity index (χ2v) is 8.36. The Bertz CT molecular complexity index is 1000. The summed E-state index contributed by atoms with van der Waals surface area (Å²) in [5.74, 6) is -0.667. The molecular weight excluding hydrogens is 394 g/mol. The van der Waals surface area contributed by atoms with Crippen molar-refractivity contribution in [2.75, 3.05) is 18.4 Å². The van der Waals surface area contributed by atoms with Crippen LogP contribution in [-0.4, -0.2) is 36.6 Å². The largest absolute Gasteiger partial charge is 0.322 e. The van der Waals surface area contributed by atoms with E-state index in [9.17, 15) is 23.3 Å². The number of amides is 1. The van der Waals surface area contributed by atoms with Crippen LogP contribution in [0.3, 0.4) is 0 Å². The van der Waals surface area contributed by atoms with Gasteiger partial charge in [-0.25, -0.2) is 8.42 Å². The number of nitro benzene ring substituents is 1. The first-order chi connectivity index (χ1) is 12.8. The van der Waals surface area contributed by atoms with E-state index in [2.05, 4.69) is 5.32 Å². The number of nitrogens with zero attached hydrogens (tertiary/aromatic N) is 2. The summed E-state index contributed by atoms with van der Waals surface area (Å²) in [7, 11) is -3.62. The van der Waals surface area contributed by atoms with Gasteiger partial charge in [-0.3, -0.25) is 14.9 Å². The van der Waals surface area contributed by atoms with Crippen LogP contribution in [0.25, 0.3) is 0 Å². The average molecular weight is 410 g/mol. The molecule has 1 amide bonds. The minimum atomic E-state index is -3.62. The van der Waals surface area contributed by atoms with E-state index in [4.69, 9.17) is 11.6 Å². The lowest BCUT2D eigenvalue weighted by atomic mass is 10.2. The first-order valence-corrected chi connectivity index (χ1v) is 9.96. The van der Waals surface area contributed by atoms with Crippen molar-refractivity contribution in [3.63, 3.8) is 0 Å². The number of hydrogen-bond donors (Lipinski definition) is 1. The number of anilines is 1. The van der Waals surface area contributed by atoms with Gasteiger partial charge in [0.05, 0.1) is 20.4 Å². The van der Waals surface area contributed by atoms with Crippen molar-refractivity contribution in [1.82, 2.24) is 4.31 Å². The van der Waals surface area contributed by atoms with Crippen molar-refractivity contribution in [3.8, 4) is 0 Å². The number of carbonyl (C=O) groups excluding carboxylic acids is 1. The second-order valence-electron chi connectivity index (χ2n) is 6.01. The minimum Gasteiger partial charge on any atom is -0.322 e. The summed E-state index contributed by atoms with van der Waals surface area (Å²) in [6, 6.07) is 9.41. The van der Waals surface area contributed by atoms with Crippen molar-refractivity contribution in [2.24, 2.45) is 0 Å². The number of benzene rings is 2. The highest BCUT2D eigenvalue weighted by atomic mass is 35.5. The Morgan fingerprint density at radius 3 is 2.52 bits per heavy atom. The average Bonchev–Trinajstić information content (AvgIpc) is 3.17. The van der Waals surface area contributed by atoms with E-state index in [0.717, 1.165) is 18.9 Å². The Morgan fingerprint density at radius 1 is 1.15 bits per heavy atom. The molecule has 1 saturated heterocycles. The van der Waals surface area contributed by atoms with E-state index in [1.165, 1.54) is 40.7 Å². The lowest BCUT2D eigenvalue weighted by Gasteiger charge is -2.16. The first-order valence-electron chi connectivity index (χ1n) is 8.14. The highest BCUT2D eigenvalue weighted by molar-refractivity contribution is 7.89. The van der Waals surface area contributed by atoms with E-state index in [1.807, 2.05) is 0 Å². The normalized spacial score (nSPS) is 14.9. The molecule has 0 bridgehead atoms. The molecule has 0 radical (unpaired) electrons. The van der Waals surface area contributed by atoms with Gasteiger partial charge in [0.25, 0.3) is 11.6 Å². The fourth-order valence-corrected chi connectivity index (χ4v) is 4.58. The molecule has 2 aromatic carbocycles. The number of rotatable bonds is 5. The summed E-state index contributed by atoms with van der Waals surface area (Å²) in [5, 5.41) is 13.5. The molecule has 0 spiro atoms.